The maximum absolute atomic E-state index is 12.3. The molecule has 0 bridgehead atoms. The number of fused-ring (bicyclic) bond motifs is 1. The van der Waals surface area contributed by atoms with E-state index in [0.29, 0.717) is 27.5 Å². The van der Waals surface area contributed by atoms with Gasteiger partial charge in [-0.15, -0.1) is 0 Å². The molecule has 1 aromatic heterocycles. The topological polar surface area (TPSA) is 143 Å². The zero-order valence-corrected chi connectivity index (χ0v) is 13.9. The van der Waals surface area contributed by atoms with E-state index in [1.165, 1.54) is 17.4 Å². The first-order chi connectivity index (χ1) is 12.6. The molecule has 3 rings (SSSR count). The number of aromatic nitrogens is 1. The van der Waals surface area contributed by atoms with E-state index < -0.39 is 6.03 Å². The van der Waals surface area contributed by atoms with Crippen molar-refractivity contribution in [1.29, 1.82) is 10.8 Å². The number of hydrazine groups is 1. The number of carbonyl (C=O) groups is 2. The standard InChI is InChI=1S/C16H11N7O2S/c17-8-9-2-1-3-10(6-9)14(24)20-16-19-12-5-4-11(7-13(12)26-16)22-23-15(25)21-18/h1-7,18,22H,(H,23,25)(H,19,20,24). The summed E-state index contributed by atoms with van der Waals surface area (Å²) in [7, 11) is 0. The summed E-state index contributed by atoms with van der Waals surface area (Å²) in [6.07, 6.45) is 0. The van der Waals surface area contributed by atoms with E-state index in [1.54, 1.807) is 36.4 Å². The highest BCUT2D eigenvalue weighted by molar-refractivity contribution is 7.22. The first-order valence-corrected chi connectivity index (χ1v) is 8.06. The zero-order valence-electron chi connectivity index (χ0n) is 13.1. The van der Waals surface area contributed by atoms with Gasteiger partial charge in [-0.2, -0.15) is 10.8 Å². The number of rotatable bonds is 4. The van der Waals surface area contributed by atoms with Crippen LogP contribution in [0.25, 0.3) is 10.2 Å². The molecule has 0 saturated heterocycles. The summed E-state index contributed by atoms with van der Waals surface area (Å²) in [6, 6.07) is 12.7. The van der Waals surface area contributed by atoms with Crippen LogP contribution >= 0.6 is 11.3 Å². The van der Waals surface area contributed by atoms with Crippen molar-refractivity contribution in [2.24, 2.45) is 5.11 Å². The van der Waals surface area contributed by atoms with Crippen molar-refractivity contribution in [2.75, 3.05) is 10.7 Å². The Morgan fingerprint density at radius 1 is 1.23 bits per heavy atom. The number of amides is 3. The summed E-state index contributed by atoms with van der Waals surface area (Å²) in [4.78, 5) is 27.6. The third-order valence-corrected chi connectivity index (χ3v) is 4.21. The van der Waals surface area contributed by atoms with Crippen LogP contribution in [0, 0.1) is 16.9 Å². The smallest absolute Gasteiger partial charge is 0.298 e. The molecule has 10 heteroatoms. The second-order valence-electron chi connectivity index (χ2n) is 5.02. The largest absolute Gasteiger partial charge is 0.377 e. The van der Waals surface area contributed by atoms with Crippen LogP contribution in [-0.4, -0.2) is 16.9 Å². The van der Waals surface area contributed by atoms with Gasteiger partial charge in [0.25, 0.3) is 5.91 Å². The lowest BCUT2D eigenvalue weighted by Gasteiger charge is -2.04. The Bertz CT molecular complexity index is 1050. The average molecular weight is 365 g/mol. The highest BCUT2D eigenvalue weighted by Gasteiger charge is 2.11. The number of anilines is 2. The maximum atomic E-state index is 12.3. The fourth-order valence-corrected chi connectivity index (χ4v) is 3.01. The summed E-state index contributed by atoms with van der Waals surface area (Å²) < 4.78 is 0.785. The minimum Gasteiger partial charge on any atom is -0.298 e. The predicted octanol–water partition coefficient (Wildman–Crippen LogP) is 3.49. The lowest BCUT2D eigenvalue weighted by Crippen LogP contribution is -2.25. The van der Waals surface area contributed by atoms with Crippen molar-refractivity contribution in [3.63, 3.8) is 0 Å². The number of nitriles is 1. The van der Waals surface area contributed by atoms with Gasteiger partial charge in [0, 0.05) is 5.56 Å². The molecule has 0 fully saturated rings. The lowest BCUT2D eigenvalue weighted by atomic mass is 10.1. The van der Waals surface area contributed by atoms with Crippen molar-refractivity contribution >= 4 is 44.3 Å². The minimum atomic E-state index is -0.818. The van der Waals surface area contributed by atoms with E-state index in [1.807, 2.05) is 6.07 Å². The number of carbonyl (C=O) groups excluding carboxylic acids is 2. The summed E-state index contributed by atoms with van der Waals surface area (Å²) in [5.41, 5.74) is 13.5. The molecule has 0 atom stereocenters. The van der Waals surface area contributed by atoms with E-state index in [-0.39, 0.29) is 5.91 Å². The fraction of sp³-hybridized carbons (Fsp3) is 0. The van der Waals surface area contributed by atoms with Gasteiger partial charge in [0.05, 0.1) is 27.5 Å². The molecule has 0 unspecified atom stereocenters. The Morgan fingerprint density at radius 3 is 2.85 bits per heavy atom. The molecule has 9 nitrogen and oxygen atoms in total. The highest BCUT2D eigenvalue weighted by Crippen LogP contribution is 2.28. The summed E-state index contributed by atoms with van der Waals surface area (Å²) in [6.45, 7) is 0. The third-order valence-electron chi connectivity index (χ3n) is 3.28. The molecule has 0 aliphatic carbocycles. The number of hydrogen-bond acceptors (Lipinski definition) is 7. The maximum Gasteiger partial charge on any atom is 0.377 e. The molecule has 3 aromatic rings. The van der Waals surface area contributed by atoms with Gasteiger partial charge in [-0.1, -0.05) is 22.5 Å². The number of hydrogen-bond donors (Lipinski definition) is 4. The number of urea groups is 1. The van der Waals surface area contributed by atoms with E-state index in [0.717, 1.165) is 4.70 Å². The molecular weight excluding hydrogens is 354 g/mol. The molecule has 0 radical (unpaired) electrons. The van der Waals surface area contributed by atoms with Gasteiger partial charge in [-0.3, -0.25) is 15.5 Å². The summed E-state index contributed by atoms with van der Waals surface area (Å²) in [5.74, 6) is -0.358. The average Bonchev–Trinajstić information content (AvgIpc) is 3.07. The van der Waals surface area contributed by atoms with Crippen molar-refractivity contribution in [2.45, 2.75) is 0 Å². The lowest BCUT2D eigenvalue weighted by molar-refractivity contribution is 0.102. The molecular formula is C16H11N7O2S. The van der Waals surface area contributed by atoms with Crippen LogP contribution < -0.4 is 16.2 Å². The predicted molar refractivity (Wildman–Crippen MR) is 96.0 cm³/mol. The molecule has 0 aliphatic heterocycles. The normalized spacial score (nSPS) is 9.96. The van der Waals surface area contributed by atoms with E-state index in [4.69, 9.17) is 10.8 Å². The molecule has 0 saturated carbocycles. The SMILES string of the molecule is N#Cc1cccc(C(=O)Nc2nc3ccc(NNC(=O)N=N)cc3s2)c1. The number of benzene rings is 2. The van der Waals surface area contributed by atoms with Gasteiger partial charge < -0.3 is 0 Å². The molecule has 0 aliphatic rings. The van der Waals surface area contributed by atoms with E-state index in [2.05, 4.69) is 26.3 Å². The molecule has 1 heterocycles. The zero-order chi connectivity index (χ0) is 18.5. The summed E-state index contributed by atoms with van der Waals surface area (Å²) >= 11 is 1.26. The van der Waals surface area contributed by atoms with Crippen LogP contribution in [-0.2, 0) is 0 Å². The van der Waals surface area contributed by atoms with Gasteiger partial charge in [0.2, 0.25) is 0 Å². The van der Waals surface area contributed by atoms with Crippen LogP contribution in [0.3, 0.4) is 0 Å². The number of nitrogens with one attached hydrogen (secondary N) is 4. The first-order valence-electron chi connectivity index (χ1n) is 7.24. The molecule has 128 valence electrons. The molecule has 4 N–H and O–H groups in total. The third kappa shape index (κ3) is 3.80. The van der Waals surface area contributed by atoms with Gasteiger partial charge in [0.1, 0.15) is 0 Å². The van der Waals surface area contributed by atoms with Crippen LogP contribution in [0.5, 0.6) is 0 Å². The molecule has 3 amide bonds. The monoisotopic (exact) mass is 365 g/mol. The van der Waals surface area contributed by atoms with Crippen LogP contribution in [0.1, 0.15) is 15.9 Å². The van der Waals surface area contributed by atoms with Gasteiger partial charge in [0.15, 0.2) is 5.13 Å². The molecule has 2 aromatic carbocycles. The van der Waals surface area contributed by atoms with Crippen LogP contribution in [0.2, 0.25) is 0 Å². The van der Waals surface area contributed by atoms with Crippen LogP contribution in [0.4, 0.5) is 15.6 Å². The second kappa shape index (κ2) is 7.37. The van der Waals surface area contributed by atoms with E-state index in [9.17, 15) is 9.59 Å². The fourth-order valence-electron chi connectivity index (χ4n) is 2.11. The minimum absolute atomic E-state index is 0.358. The molecule has 0 spiro atoms. The summed E-state index contributed by atoms with van der Waals surface area (Å²) in [5, 5.41) is 14.7. The Morgan fingerprint density at radius 2 is 2.08 bits per heavy atom. The number of nitrogens with zero attached hydrogens (tertiary/aromatic N) is 3. The van der Waals surface area contributed by atoms with E-state index >= 15 is 0 Å². The van der Waals surface area contributed by atoms with Crippen molar-refractivity contribution in [3.05, 3.63) is 53.6 Å². The van der Waals surface area contributed by atoms with Crippen molar-refractivity contribution in [3.8, 4) is 6.07 Å². The number of thiazole rings is 1. The Kier molecular flexibility index (Phi) is 4.82. The Balaban J connectivity index is 1.76. The van der Waals surface area contributed by atoms with Crippen molar-refractivity contribution in [1.82, 2.24) is 10.4 Å². The Labute approximate surface area is 151 Å². The quantitative estimate of drug-likeness (QED) is 0.413. The first kappa shape index (κ1) is 17.0. The molecule has 26 heavy (non-hydrogen) atoms. The van der Waals surface area contributed by atoms with Gasteiger partial charge in [-0.05, 0) is 36.4 Å². The van der Waals surface area contributed by atoms with Gasteiger partial charge >= 0.3 is 6.03 Å². The highest BCUT2D eigenvalue weighted by atomic mass is 32.1. The van der Waals surface area contributed by atoms with Crippen LogP contribution in [0.15, 0.2) is 47.6 Å². The van der Waals surface area contributed by atoms with Crippen molar-refractivity contribution < 1.29 is 9.59 Å². The Hall–Kier alpha value is -3.84. The second-order valence-corrected chi connectivity index (χ2v) is 6.05. The van der Waals surface area contributed by atoms with Gasteiger partial charge in [-0.25, -0.2) is 15.2 Å².